The summed E-state index contributed by atoms with van der Waals surface area (Å²) in [6.07, 6.45) is 1.81. The second-order valence-corrected chi connectivity index (χ2v) is 5.38. The minimum atomic E-state index is -0.0887. The first-order chi connectivity index (χ1) is 10.7. The highest BCUT2D eigenvalue weighted by molar-refractivity contribution is 6.30. The van der Waals surface area contributed by atoms with Crippen LogP contribution in [0.2, 0.25) is 5.02 Å². The van der Waals surface area contributed by atoms with Crippen molar-refractivity contribution >= 4 is 17.5 Å². The molecule has 0 spiro atoms. The number of hydrogen-bond acceptors (Lipinski definition) is 2. The Balaban J connectivity index is 1.73. The Hall–Kier alpha value is -2.00. The van der Waals surface area contributed by atoms with Crippen LogP contribution >= 0.6 is 11.6 Å². The van der Waals surface area contributed by atoms with Crippen molar-refractivity contribution in [2.45, 2.75) is 19.8 Å². The second-order valence-electron chi connectivity index (χ2n) is 4.95. The molecular weight excluding hydrogens is 298 g/mol. The lowest BCUT2D eigenvalue weighted by Crippen LogP contribution is -2.24. The van der Waals surface area contributed by atoms with Crippen LogP contribution in [-0.2, 0) is 6.42 Å². The number of aryl methyl sites for hydroxylation is 1. The van der Waals surface area contributed by atoms with Crippen LogP contribution in [0.4, 0.5) is 0 Å². The van der Waals surface area contributed by atoms with Gasteiger partial charge in [-0.05, 0) is 55.7 Å². The fourth-order valence-electron chi connectivity index (χ4n) is 2.15. The van der Waals surface area contributed by atoms with Crippen LogP contribution in [0.1, 0.15) is 29.3 Å². The summed E-state index contributed by atoms with van der Waals surface area (Å²) in [6, 6.07) is 15.0. The van der Waals surface area contributed by atoms with Gasteiger partial charge in [0.05, 0.1) is 6.61 Å². The summed E-state index contributed by atoms with van der Waals surface area (Å²) >= 11 is 5.88. The molecule has 0 fully saturated rings. The van der Waals surface area contributed by atoms with E-state index in [4.69, 9.17) is 16.3 Å². The van der Waals surface area contributed by atoms with Crippen molar-refractivity contribution in [3.05, 3.63) is 64.7 Å². The highest BCUT2D eigenvalue weighted by atomic mass is 35.5. The van der Waals surface area contributed by atoms with Crippen LogP contribution in [0.15, 0.2) is 48.5 Å². The van der Waals surface area contributed by atoms with E-state index in [0.717, 1.165) is 18.6 Å². The fourth-order valence-corrected chi connectivity index (χ4v) is 2.34. The fraction of sp³-hybridized carbons (Fsp3) is 0.278. The number of hydrogen-bond donors (Lipinski definition) is 1. The van der Waals surface area contributed by atoms with Gasteiger partial charge in [0, 0.05) is 17.1 Å². The van der Waals surface area contributed by atoms with E-state index in [9.17, 15) is 4.79 Å². The van der Waals surface area contributed by atoms with Gasteiger partial charge in [-0.2, -0.15) is 0 Å². The molecule has 4 heteroatoms. The Bertz CT molecular complexity index is 611. The molecule has 2 aromatic carbocycles. The van der Waals surface area contributed by atoms with E-state index in [1.54, 1.807) is 24.3 Å². The maximum absolute atomic E-state index is 11.9. The van der Waals surface area contributed by atoms with E-state index >= 15 is 0 Å². The molecule has 2 rings (SSSR count). The second kappa shape index (κ2) is 8.44. The number of carbonyl (C=O) groups is 1. The van der Waals surface area contributed by atoms with Gasteiger partial charge in [0.25, 0.3) is 5.91 Å². The highest BCUT2D eigenvalue weighted by Crippen LogP contribution is 2.13. The van der Waals surface area contributed by atoms with Gasteiger partial charge in [-0.15, -0.1) is 0 Å². The standard InChI is InChI=1S/C18H20ClNO2/c1-2-22-17-10-8-14(9-11-17)5-4-12-20-18(21)15-6-3-7-16(19)13-15/h3,6-11,13H,2,4-5,12H2,1H3,(H,20,21). The van der Waals surface area contributed by atoms with E-state index in [2.05, 4.69) is 17.4 Å². The van der Waals surface area contributed by atoms with Gasteiger partial charge < -0.3 is 10.1 Å². The molecule has 0 aliphatic heterocycles. The SMILES string of the molecule is CCOc1ccc(CCCNC(=O)c2cccc(Cl)c2)cc1. The Morgan fingerprint density at radius 2 is 1.95 bits per heavy atom. The molecule has 1 N–H and O–H groups in total. The van der Waals surface area contributed by atoms with Gasteiger partial charge in [0.1, 0.15) is 5.75 Å². The smallest absolute Gasteiger partial charge is 0.251 e. The molecule has 0 bridgehead atoms. The monoisotopic (exact) mass is 317 g/mol. The Morgan fingerprint density at radius 3 is 2.64 bits per heavy atom. The molecule has 0 atom stereocenters. The molecule has 116 valence electrons. The number of amides is 1. The van der Waals surface area contributed by atoms with Gasteiger partial charge in [0.15, 0.2) is 0 Å². The van der Waals surface area contributed by atoms with E-state index in [-0.39, 0.29) is 5.91 Å². The van der Waals surface area contributed by atoms with Crippen LogP contribution in [0.3, 0.4) is 0 Å². The third-order valence-corrected chi connectivity index (χ3v) is 3.48. The number of nitrogens with one attached hydrogen (secondary N) is 1. The normalized spacial score (nSPS) is 10.3. The molecule has 0 heterocycles. The minimum Gasteiger partial charge on any atom is -0.494 e. The summed E-state index contributed by atoms with van der Waals surface area (Å²) in [6.45, 7) is 3.28. The van der Waals surface area contributed by atoms with Crippen molar-refractivity contribution < 1.29 is 9.53 Å². The maximum atomic E-state index is 11.9. The first-order valence-corrected chi connectivity index (χ1v) is 7.82. The number of rotatable bonds is 7. The average molecular weight is 318 g/mol. The van der Waals surface area contributed by atoms with Crippen molar-refractivity contribution in [2.24, 2.45) is 0 Å². The first kappa shape index (κ1) is 16.4. The summed E-state index contributed by atoms with van der Waals surface area (Å²) in [4.78, 5) is 11.9. The van der Waals surface area contributed by atoms with Gasteiger partial charge in [0.2, 0.25) is 0 Å². The molecule has 0 aliphatic rings. The van der Waals surface area contributed by atoms with E-state index < -0.39 is 0 Å². The molecule has 0 saturated heterocycles. The number of halogens is 1. The molecule has 0 unspecified atom stereocenters. The van der Waals surface area contributed by atoms with E-state index in [0.29, 0.717) is 23.7 Å². The number of ether oxygens (including phenoxy) is 1. The maximum Gasteiger partial charge on any atom is 0.251 e. The summed E-state index contributed by atoms with van der Waals surface area (Å²) in [5, 5.41) is 3.48. The quantitative estimate of drug-likeness (QED) is 0.781. The molecule has 0 aromatic heterocycles. The predicted molar refractivity (Wildman–Crippen MR) is 89.7 cm³/mol. The topological polar surface area (TPSA) is 38.3 Å². The molecule has 0 saturated carbocycles. The molecule has 1 amide bonds. The largest absolute Gasteiger partial charge is 0.494 e. The third kappa shape index (κ3) is 5.08. The Morgan fingerprint density at radius 1 is 1.18 bits per heavy atom. The zero-order valence-electron chi connectivity index (χ0n) is 12.6. The average Bonchev–Trinajstić information content (AvgIpc) is 2.53. The molecule has 0 radical (unpaired) electrons. The zero-order chi connectivity index (χ0) is 15.8. The summed E-state index contributed by atoms with van der Waals surface area (Å²) in [5.74, 6) is 0.801. The zero-order valence-corrected chi connectivity index (χ0v) is 13.4. The van der Waals surface area contributed by atoms with Crippen LogP contribution in [0, 0.1) is 0 Å². The molecule has 22 heavy (non-hydrogen) atoms. The van der Waals surface area contributed by atoms with Crippen molar-refractivity contribution in [3.8, 4) is 5.75 Å². The Labute approximate surface area is 136 Å². The lowest BCUT2D eigenvalue weighted by Gasteiger charge is -2.07. The van der Waals surface area contributed by atoms with Crippen LogP contribution in [0.5, 0.6) is 5.75 Å². The van der Waals surface area contributed by atoms with E-state index in [1.807, 2.05) is 19.1 Å². The summed E-state index contributed by atoms with van der Waals surface area (Å²) < 4.78 is 5.41. The van der Waals surface area contributed by atoms with Crippen molar-refractivity contribution in [1.29, 1.82) is 0 Å². The molecule has 0 aliphatic carbocycles. The predicted octanol–water partition coefficient (Wildman–Crippen LogP) is 4.10. The Kier molecular flexibility index (Phi) is 6.28. The number of carbonyl (C=O) groups excluding carboxylic acids is 1. The lowest BCUT2D eigenvalue weighted by atomic mass is 10.1. The van der Waals surface area contributed by atoms with Crippen molar-refractivity contribution in [3.63, 3.8) is 0 Å². The molecule has 3 nitrogen and oxygen atoms in total. The van der Waals surface area contributed by atoms with E-state index in [1.165, 1.54) is 5.56 Å². The van der Waals surface area contributed by atoms with Crippen molar-refractivity contribution in [2.75, 3.05) is 13.2 Å². The van der Waals surface area contributed by atoms with Gasteiger partial charge in [-0.25, -0.2) is 0 Å². The first-order valence-electron chi connectivity index (χ1n) is 7.44. The van der Waals surface area contributed by atoms with Crippen molar-refractivity contribution in [1.82, 2.24) is 5.32 Å². The highest BCUT2D eigenvalue weighted by Gasteiger charge is 2.04. The third-order valence-electron chi connectivity index (χ3n) is 3.25. The van der Waals surface area contributed by atoms with Crippen LogP contribution in [-0.4, -0.2) is 19.1 Å². The van der Waals surface area contributed by atoms with Crippen LogP contribution in [0.25, 0.3) is 0 Å². The van der Waals surface area contributed by atoms with Gasteiger partial charge >= 0.3 is 0 Å². The summed E-state index contributed by atoms with van der Waals surface area (Å²) in [7, 11) is 0. The summed E-state index contributed by atoms with van der Waals surface area (Å²) in [5.41, 5.74) is 1.83. The van der Waals surface area contributed by atoms with Crippen LogP contribution < -0.4 is 10.1 Å². The molecule has 2 aromatic rings. The minimum absolute atomic E-state index is 0.0887. The number of benzene rings is 2. The lowest BCUT2D eigenvalue weighted by molar-refractivity contribution is 0.0953. The molecular formula is C18H20ClNO2. The van der Waals surface area contributed by atoms with Gasteiger partial charge in [-0.1, -0.05) is 29.8 Å². The van der Waals surface area contributed by atoms with Gasteiger partial charge in [-0.3, -0.25) is 4.79 Å².